The molecule has 106 valence electrons. The number of aliphatic hydroxyl groups is 1. The fraction of sp³-hybridized carbons (Fsp3) is 0.600. The number of aromatic nitrogens is 3. The molecule has 9 nitrogen and oxygen atoms in total. The van der Waals surface area contributed by atoms with Gasteiger partial charge in [-0.3, -0.25) is 5.10 Å². The van der Waals surface area contributed by atoms with Gasteiger partial charge in [0.2, 0.25) is 0 Å². The molecule has 0 saturated heterocycles. The molecule has 1 heterocycles. The fourth-order valence-electron chi connectivity index (χ4n) is 1.38. The van der Waals surface area contributed by atoms with Crippen molar-refractivity contribution in [3.05, 3.63) is 11.6 Å². The number of rotatable bonds is 5. The largest absolute Gasteiger partial charge is 0.480 e. The summed E-state index contributed by atoms with van der Waals surface area (Å²) in [5.41, 5.74) is 0. The second-order valence-electron chi connectivity index (χ2n) is 4.20. The predicted octanol–water partition coefficient (Wildman–Crippen LogP) is -0.911. The standard InChI is InChI=1S/C10H17N5O4/c1-5(16)8(9(17)18)12-10(19)15(3)4-7-11-6(2)13-14-7/h5,8,16H,4H2,1-3H3,(H,12,19)(H,17,18)(H,11,13,14)/t5-,8+/m1/s1. The minimum Gasteiger partial charge on any atom is -0.480 e. The van der Waals surface area contributed by atoms with E-state index in [0.717, 1.165) is 0 Å². The molecule has 2 amide bonds. The molecule has 1 rings (SSSR count). The summed E-state index contributed by atoms with van der Waals surface area (Å²) < 4.78 is 0. The lowest BCUT2D eigenvalue weighted by Crippen LogP contribution is -2.51. The highest BCUT2D eigenvalue weighted by atomic mass is 16.4. The van der Waals surface area contributed by atoms with Gasteiger partial charge in [0.05, 0.1) is 12.6 Å². The Balaban J connectivity index is 2.59. The molecular weight excluding hydrogens is 254 g/mol. The predicted molar refractivity (Wildman–Crippen MR) is 64.2 cm³/mol. The number of amides is 2. The van der Waals surface area contributed by atoms with Crippen LogP contribution in [0.3, 0.4) is 0 Å². The quantitative estimate of drug-likeness (QED) is 0.548. The Morgan fingerprint density at radius 1 is 1.53 bits per heavy atom. The monoisotopic (exact) mass is 271 g/mol. The first-order valence-corrected chi connectivity index (χ1v) is 5.61. The Morgan fingerprint density at radius 3 is 2.58 bits per heavy atom. The summed E-state index contributed by atoms with van der Waals surface area (Å²) in [5.74, 6) is -0.263. The van der Waals surface area contributed by atoms with E-state index in [2.05, 4.69) is 20.5 Å². The maximum atomic E-state index is 11.7. The van der Waals surface area contributed by atoms with Crippen molar-refractivity contribution < 1.29 is 19.8 Å². The third kappa shape index (κ3) is 4.21. The molecule has 9 heteroatoms. The lowest BCUT2D eigenvalue weighted by Gasteiger charge is -2.21. The first-order chi connectivity index (χ1) is 8.81. The number of carbonyl (C=O) groups excluding carboxylic acids is 1. The van der Waals surface area contributed by atoms with Crippen molar-refractivity contribution in [2.45, 2.75) is 32.5 Å². The van der Waals surface area contributed by atoms with E-state index >= 15 is 0 Å². The number of H-pyrrole nitrogens is 1. The van der Waals surface area contributed by atoms with E-state index in [1.807, 2.05) is 0 Å². The molecule has 1 aromatic rings. The van der Waals surface area contributed by atoms with E-state index in [-0.39, 0.29) is 6.54 Å². The third-order valence-corrected chi connectivity index (χ3v) is 2.40. The Labute approximate surface area is 109 Å². The number of carbonyl (C=O) groups is 2. The van der Waals surface area contributed by atoms with Crippen molar-refractivity contribution in [1.82, 2.24) is 25.4 Å². The minimum absolute atomic E-state index is 0.127. The highest BCUT2D eigenvalue weighted by molar-refractivity contribution is 5.82. The lowest BCUT2D eigenvalue weighted by atomic mass is 10.2. The van der Waals surface area contributed by atoms with Crippen LogP contribution in [0.2, 0.25) is 0 Å². The van der Waals surface area contributed by atoms with Crippen molar-refractivity contribution in [3.63, 3.8) is 0 Å². The van der Waals surface area contributed by atoms with E-state index in [1.165, 1.54) is 18.9 Å². The summed E-state index contributed by atoms with van der Waals surface area (Å²) >= 11 is 0. The molecule has 0 spiro atoms. The van der Waals surface area contributed by atoms with Crippen LogP contribution in [-0.4, -0.2) is 61.5 Å². The van der Waals surface area contributed by atoms with Crippen molar-refractivity contribution >= 4 is 12.0 Å². The van der Waals surface area contributed by atoms with Gasteiger partial charge in [0, 0.05) is 7.05 Å². The van der Waals surface area contributed by atoms with Crippen molar-refractivity contribution in [2.75, 3.05) is 7.05 Å². The van der Waals surface area contributed by atoms with Gasteiger partial charge < -0.3 is 20.4 Å². The maximum Gasteiger partial charge on any atom is 0.328 e. The summed E-state index contributed by atoms with van der Waals surface area (Å²) in [6, 6.07) is -1.99. The molecule has 0 aliphatic heterocycles. The number of aryl methyl sites for hydroxylation is 1. The molecule has 2 atom stereocenters. The number of aromatic amines is 1. The zero-order valence-corrected chi connectivity index (χ0v) is 10.9. The van der Waals surface area contributed by atoms with Gasteiger partial charge in [0.1, 0.15) is 5.82 Å². The summed E-state index contributed by atoms with van der Waals surface area (Å²) in [6.07, 6.45) is -1.19. The average molecular weight is 271 g/mol. The molecule has 19 heavy (non-hydrogen) atoms. The fourth-order valence-corrected chi connectivity index (χ4v) is 1.38. The van der Waals surface area contributed by atoms with Crippen LogP contribution in [0.15, 0.2) is 0 Å². The average Bonchev–Trinajstić information content (AvgIpc) is 2.70. The number of hydrogen-bond acceptors (Lipinski definition) is 5. The van der Waals surface area contributed by atoms with Crippen molar-refractivity contribution in [3.8, 4) is 0 Å². The van der Waals surface area contributed by atoms with E-state index in [4.69, 9.17) is 5.11 Å². The van der Waals surface area contributed by atoms with Crippen LogP contribution < -0.4 is 5.32 Å². The minimum atomic E-state index is -1.36. The Morgan fingerprint density at radius 2 is 2.16 bits per heavy atom. The summed E-state index contributed by atoms with van der Waals surface area (Å²) in [4.78, 5) is 27.8. The summed E-state index contributed by atoms with van der Waals surface area (Å²) in [7, 11) is 1.47. The normalized spacial score (nSPS) is 13.7. The van der Waals surface area contributed by atoms with Crippen LogP contribution in [-0.2, 0) is 11.3 Å². The Bertz CT molecular complexity index is 459. The number of hydrogen-bond donors (Lipinski definition) is 4. The van der Waals surface area contributed by atoms with E-state index in [9.17, 15) is 14.7 Å². The number of aliphatic carboxylic acids is 1. The topological polar surface area (TPSA) is 131 Å². The maximum absolute atomic E-state index is 11.7. The molecule has 1 aromatic heterocycles. The SMILES string of the molecule is Cc1nc(CN(C)C(=O)N[C@H](C(=O)O)[C@@H](C)O)n[nH]1. The molecule has 4 N–H and O–H groups in total. The Kier molecular flexibility index (Phi) is 4.81. The van der Waals surface area contributed by atoms with Crippen LogP contribution >= 0.6 is 0 Å². The van der Waals surface area contributed by atoms with Gasteiger partial charge in [-0.05, 0) is 13.8 Å². The van der Waals surface area contributed by atoms with Crippen LogP contribution in [0.5, 0.6) is 0 Å². The zero-order chi connectivity index (χ0) is 14.6. The molecule has 0 aliphatic carbocycles. The smallest absolute Gasteiger partial charge is 0.328 e. The molecule has 0 fully saturated rings. The van der Waals surface area contributed by atoms with Gasteiger partial charge in [0.25, 0.3) is 0 Å². The number of carboxylic acid groups (broad SMARTS) is 1. The molecule has 0 saturated carbocycles. The second-order valence-corrected chi connectivity index (χ2v) is 4.20. The van der Waals surface area contributed by atoms with Crippen LogP contribution in [0, 0.1) is 6.92 Å². The van der Waals surface area contributed by atoms with Crippen LogP contribution in [0.1, 0.15) is 18.6 Å². The number of nitrogens with one attached hydrogen (secondary N) is 2. The van der Waals surface area contributed by atoms with Gasteiger partial charge in [-0.25, -0.2) is 14.6 Å². The highest BCUT2D eigenvalue weighted by Crippen LogP contribution is 1.99. The second kappa shape index (κ2) is 6.14. The third-order valence-electron chi connectivity index (χ3n) is 2.40. The molecule has 0 radical (unpaired) electrons. The van der Waals surface area contributed by atoms with E-state index in [0.29, 0.717) is 11.6 Å². The van der Waals surface area contributed by atoms with Crippen LogP contribution in [0.25, 0.3) is 0 Å². The van der Waals surface area contributed by atoms with Gasteiger partial charge in [0.15, 0.2) is 11.9 Å². The molecule has 0 aromatic carbocycles. The first-order valence-electron chi connectivity index (χ1n) is 5.61. The van der Waals surface area contributed by atoms with Crippen LogP contribution in [0.4, 0.5) is 4.79 Å². The number of aliphatic hydroxyl groups excluding tert-OH is 1. The van der Waals surface area contributed by atoms with Crippen molar-refractivity contribution in [2.24, 2.45) is 0 Å². The molecule has 0 bridgehead atoms. The molecular formula is C10H17N5O4. The highest BCUT2D eigenvalue weighted by Gasteiger charge is 2.26. The van der Waals surface area contributed by atoms with E-state index in [1.54, 1.807) is 6.92 Å². The van der Waals surface area contributed by atoms with E-state index < -0.39 is 24.1 Å². The van der Waals surface area contributed by atoms with Gasteiger partial charge in [-0.15, -0.1) is 0 Å². The zero-order valence-electron chi connectivity index (χ0n) is 10.9. The molecule has 0 unspecified atom stereocenters. The summed E-state index contributed by atoms with van der Waals surface area (Å²) in [5, 5.41) is 26.8. The van der Waals surface area contributed by atoms with Crippen molar-refractivity contribution in [1.29, 1.82) is 0 Å². The lowest BCUT2D eigenvalue weighted by molar-refractivity contribution is -0.141. The van der Waals surface area contributed by atoms with Gasteiger partial charge >= 0.3 is 12.0 Å². The number of urea groups is 1. The summed E-state index contributed by atoms with van der Waals surface area (Å²) in [6.45, 7) is 3.14. The Hall–Kier alpha value is -2.16. The van der Waals surface area contributed by atoms with Gasteiger partial charge in [-0.1, -0.05) is 0 Å². The molecule has 0 aliphatic rings. The number of carboxylic acids is 1. The first kappa shape index (κ1) is 14.9. The van der Waals surface area contributed by atoms with Gasteiger partial charge in [-0.2, -0.15) is 5.10 Å². The number of nitrogens with zero attached hydrogens (tertiary/aromatic N) is 3.